The van der Waals surface area contributed by atoms with E-state index in [2.05, 4.69) is 4.98 Å². The number of fused-ring (bicyclic) bond motifs is 1. The number of methoxy groups -OCH3 is 1. The molecule has 0 bridgehead atoms. The van der Waals surface area contributed by atoms with Crippen molar-refractivity contribution in [2.24, 2.45) is 0 Å². The zero-order valence-electron chi connectivity index (χ0n) is 22.7. The van der Waals surface area contributed by atoms with Crippen LogP contribution in [-0.4, -0.2) is 139 Å². The van der Waals surface area contributed by atoms with E-state index in [0.29, 0.717) is 22.3 Å². The predicted octanol–water partition coefficient (Wildman–Crippen LogP) is 0.877. The molecule has 1 heterocycles. The summed E-state index contributed by atoms with van der Waals surface area (Å²) < 4.78 is 11.2. The summed E-state index contributed by atoms with van der Waals surface area (Å²) in [7, 11) is 1.43. The number of carboxylic acid groups (broad SMARTS) is 4. The Kier molecular flexibility index (Phi) is 14.0. The number of rotatable bonds is 14. The molecule has 15 heteroatoms. The van der Waals surface area contributed by atoms with E-state index in [1.54, 1.807) is 43.3 Å². The molecule has 215 valence electrons. The number of aromatic nitrogens is 1. The fourth-order valence-electron chi connectivity index (χ4n) is 3.92. The molecule has 3 aromatic rings. The van der Waals surface area contributed by atoms with Crippen LogP contribution in [0.3, 0.4) is 0 Å². The van der Waals surface area contributed by atoms with Gasteiger partial charge in [0.15, 0.2) is 0 Å². The first-order valence-corrected chi connectivity index (χ1v) is 11.5. The van der Waals surface area contributed by atoms with Crippen LogP contribution >= 0.6 is 0 Å². The van der Waals surface area contributed by atoms with Crippen molar-refractivity contribution in [1.29, 1.82) is 0 Å². The van der Waals surface area contributed by atoms with Crippen LogP contribution in [0.15, 0.2) is 42.5 Å². The molecule has 0 aliphatic rings. The van der Waals surface area contributed by atoms with E-state index in [4.69, 9.17) is 9.47 Å². The Balaban J connectivity index is 0.00000420. The Hall–Kier alpha value is -3.47. The van der Waals surface area contributed by atoms with Crippen LogP contribution in [0, 0.1) is 6.92 Å². The van der Waals surface area contributed by atoms with Crippen LogP contribution in [0.5, 0.6) is 11.5 Å². The van der Waals surface area contributed by atoms with Crippen molar-refractivity contribution in [1.82, 2.24) is 4.98 Å². The maximum Gasteiger partial charge on any atom is 0.323 e. The SMILES string of the molecule is COc1cc(N(CC(=O)O)CC(=O)O)c2nc(COc3ccc(C)cc3N(CC(=O)O)CC(=O)O)ccc2c1.O.[K]. The second kappa shape index (κ2) is 16.1. The van der Waals surface area contributed by atoms with Crippen molar-refractivity contribution in [3.05, 3.63) is 53.7 Å². The summed E-state index contributed by atoms with van der Waals surface area (Å²) in [6, 6.07) is 11.5. The molecule has 0 amide bonds. The minimum Gasteiger partial charge on any atom is -0.497 e. The van der Waals surface area contributed by atoms with Gasteiger partial charge in [0.25, 0.3) is 0 Å². The van der Waals surface area contributed by atoms with Crippen LogP contribution in [0.1, 0.15) is 11.3 Å². The van der Waals surface area contributed by atoms with Gasteiger partial charge in [-0.3, -0.25) is 19.2 Å². The van der Waals surface area contributed by atoms with E-state index in [9.17, 15) is 39.6 Å². The predicted molar refractivity (Wildman–Crippen MR) is 148 cm³/mol. The number of pyridine rings is 1. The van der Waals surface area contributed by atoms with E-state index >= 15 is 0 Å². The third kappa shape index (κ3) is 10.1. The maximum absolute atomic E-state index is 11.4. The molecule has 0 spiro atoms. The van der Waals surface area contributed by atoms with Crippen LogP contribution in [0.2, 0.25) is 0 Å². The van der Waals surface area contributed by atoms with Gasteiger partial charge < -0.3 is 45.2 Å². The monoisotopic (exact) mass is 598 g/mol. The standard InChI is InChI=1S/C26H27N3O10.K.H2O/c1-15-3-6-21(19(7-15)28(10-22(30)31)11-23(32)33)39-14-17-5-4-16-8-18(38-2)9-20(26(16)27-17)29(12-24(34)35)13-25(36)37;;/h3-9H,10-14H2,1-2H3,(H,30,31)(H,32,33)(H,34,35)(H,36,37);;1H2. The molecule has 41 heavy (non-hydrogen) atoms. The molecule has 0 saturated carbocycles. The fourth-order valence-corrected chi connectivity index (χ4v) is 3.92. The van der Waals surface area contributed by atoms with Crippen LogP contribution < -0.4 is 19.3 Å². The summed E-state index contributed by atoms with van der Waals surface area (Å²) in [5.41, 5.74) is 2.00. The molecule has 6 N–H and O–H groups in total. The average Bonchev–Trinajstić information content (AvgIpc) is 2.85. The summed E-state index contributed by atoms with van der Waals surface area (Å²) in [6.45, 7) is -0.639. The summed E-state index contributed by atoms with van der Waals surface area (Å²) in [5.74, 6) is -4.27. The Labute approximate surface area is 276 Å². The number of hydrogen-bond donors (Lipinski definition) is 4. The van der Waals surface area contributed by atoms with E-state index in [1.807, 2.05) is 0 Å². The topological polar surface area (TPSA) is 219 Å². The maximum atomic E-state index is 11.4. The average molecular weight is 599 g/mol. The van der Waals surface area contributed by atoms with Gasteiger partial charge >= 0.3 is 23.9 Å². The number of nitrogens with zero attached hydrogens (tertiary/aromatic N) is 3. The number of hydrogen-bond acceptors (Lipinski definition) is 9. The molecule has 2 aromatic carbocycles. The molecule has 14 nitrogen and oxygen atoms in total. The first kappa shape index (κ1) is 35.6. The van der Waals surface area contributed by atoms with Crippen molar-refractivity contribution < 1.29 is 54.6 Å². The van der Waals surface area contributed by atoms with Crippen LogP contribution in [0.4, 0.5) is 11.4 Å². The minimum absolute atomic E-state index is 0. The molecule has 0 aliphatic carbocycles. The second-order valence-electron chi connectivity index (χ2n) is 8.57. The Morgan fingerprint density at radius 1 is 0.780 bits per heavy atom. The van der Waals surface area contributed by atoms with Crippen molar-refractivity contribution in [2.45, 2.75) is 13.5 Å². The van der Waals surface area contributed by atoms with Crippen molar-refractivity contribution >= 4 is 97.5 Å². The Morgan fingerprint density at radius 3 is 1.83 bits per heavy atom. The van der Waals surface area contributed by atoms with E-state index < -0.39 is 50.1 Å². The van der Waals surface area contributed by atoms with Crippen LogP contribution in [-0.2, 0) is 25.8 Å². The summed E-state index contributed by atoms with van der Waals surface area (Å²) in [4.78, 5) is 52.5. The number of carboxylic acids is 4. The first-order chi connectivity index (χ1) is 18.5. The zero-order valence-corrected chi connectivity index (χ0v) is 25.8. The molecule has 0 atom stereocenters. The van der Waals surface area contributed by atoms with Gasteiger partial charge in [-0.2, -0.15) is 0 Å². The van der Waals surface area contributed by atoms with Gasteiger partial charge in [-0.05, 0) is 36.8 Å². The number of ether oxygens (including phenoxy) is 2. The van der Waals surface area contributed by atoms with Crippen molar-refractivity contribution in [2.75, 3.05) is 43.1 Å². The molecule has 0 saturated heterocycles. The molecule has 0 unspecified atom stereocenters. The molecule has 0 aliphatic heterocycles. The Morgan fingerprint density at radius 2 is 1.32 bits per heavy atom. The van der Waals surface area contributed by atoms with Crippen molar-refractivity contribution in [3.8, 4) is 11.5 Å². The van der Waals surface area contributed by atoms with Gasteiger partial charge in [0.2, 0.25) is 0 Å². The Bertz CT molecular complexity index is 1380. The smallest absolute Gasteiger partial charge is 0.323 e. The molecule has 3 rings (SSSR count). The zero-order chi connectivity index (χ0) is 28.7. The molecule has 1 radical (unpaired) electrons. The number of aliphatic carboxylic acids is 4. The van der Waals surface area contributed by atoms with E-state index in [1.165, 1.54) is 18.1 Å². The number of carbonyl (C=O) groups is 4. The number of anilines is 2. The quantitative estimate of drug-likeness (QED) is 0.190. The van der Waals surface area contributed by atoms with Crippen LogP contribution in [0.25, 0.3) is 10.9 Å². The minimum atomic E-state index is -1.23. The third-order valence-corrected chi connectivity index (χ3v) is 5.52. The normalized spacial score (nSPS) is 10.1. The molecular weight excluding hydrogens is 569 g/mol. The van der Waals surface area contributed by atoms with Gasteiger partial charge in [-0.15, -0.1) is 0 Å². The van der Waals surface area contributed by atoms with E-state index in [-0.39, 0.29) is 80.6 Å². The van der Waals surface area contributed by atoms with Gasteiger partial charge in [-0.1, -0.05) is 12.1 Å². The largest absolute Gasteiger partial charge is 0.497 e. The second-order valence-corrected chi connectivity index (χ2v) is 8.57. The third-order valence-electron chi connectivity index (χ3n) is 5.52. The molecule has 1 aromatic heterocycles. The van der Waals surface area contributed by atoms with Crippen molar-refractivity contribution in [3.63, 3.8) is 0 Å². The summed E-state index contributed by atoms with van der Waals surface area (Å²) in [5, 5.41) is 37.8. The number of aryl methyl sites for hydroxylation is 1. The molecule has 0 fully saturated rings. The summed E-state index contributed by atoms with van der Waals surface area (Å²) >= 11 is 0. The van der Waals surface area contributed by atoms with E-state index in [0.717, 1.165) is 10.5 Å². The fraction of sp³-hybridized carbons (Fsp3) is 0.269. The summed E-state index contributed by atoms with van der Waals surface area (Å²) in [6.07, 6.45) is 0. The first-order valence-electron chi connectivity index (χ1n) is 11.5. The van der Waals surface area contributed by atoms with Gasteiger partial charge in [0.05, 0.1) is 29.7 Å². The molecular formula is C26H29KN3O11. The van der Waals surface area contributed by atoms with Gasteiger partial charge in [0, 0.05) is 62.8 Å². The van der Waals surface area contributed by atoms with Gasteiger partial charge in [0.1, 0.15) is 44.3 Å². The number of benzene rings is 2. The van der Waals surface area contributed by atoms with Gasteiger partial charge in [-0.25, -0.2) is 4.98 Å².